The lowest BCUT2D eigenvalue weighted by molar-refractivity contribution is -0.243. The van der Waals surface area contributed by atoms with Gasteiger partial charge in [-0.1, -0.05) is 40.7 Å². The Morgan fingerprint density at radius 3 is 2.15 bits per heavy atom. The molecular weight excluding hydrogens is 428 g/mol. The van der Waals surface area contributed by atoms with Crippen molar-refractivity contribution >= 4 is 0 Å². The lowest BCUT2D eigenvalue weighted by Gasteiger charge is -2.70. The second kappa shape index (κ2) is 7.54. The second-order valence-electron chi connectivity index (χ2n) is 14.6. The van der Waals surface area contributed by atoms with Gasteiger partial charge in [0.05, 0.1) is 24.9 Å². The molecule has 5 N–H and O–H groups in total. The Bertz CT molecular complexity index is 873. The lowest BCUT2D eigenvalue weighted by atomic mass is 9.34. The average Bonchev–Trinajstić information content (AvgIpc) is 3.14. The Morgan fingerprint density at radius 2 is 1.53 bits per heavy atom. The fraction of sp³-hybridized carbons (Fsp3) is 0.931. The third-order valence-corrected chi connectivity index (χ3v) is 13.0. The molecular formula is C29H48O5. The SMILES string of the molecule is C[C@]1(CO)CC[C@]2(CC[C@]3(C)C(=CC[C@@H]4[C@@]5(C)C[C@@H](O)[C@@H](O)[C@@](C)(CO)[C@@H]5CC[C@]43C)[C@H]2O)C1. The molecule has 5 rings (SSSR count). The van der Waals surface area contributed by atoms with E-state index in [9.17, 15) is 25.5 Å². The van der Waals surface area contributed by atoms with Crippen molar-refractivity contribution in [1.82, 2.24) is 0 Å². The summed E-state index contributed by atoms with van der Waals surface area (Å²) >= 11 is 0. The largest absolute Gasteiger partial charge is 0.396 e. The Kier molecular flexibility index (Phi) is 5.59. The lowest BCUT2D eigenvalue weighted by Crippen LogP contribution is -2.68. The molecule has 5 aliphatic rings. The molecule has 0 aromatic heterocycles. The van der Waals surface area contributed by atoms with Gasteiger partial charge in [0.15, 0.2) is 0 Å². The molecule has 5 heteroatoms. The molecule has 0 aromatic rings. The predicted molar refractivity (Wildman–Crippen MR) is 132 cm³/mol. The van der Waals surface area contributed by atoms with Gasteiger partial charge in [-0.2, -0.15) is 0 Å². The van der Waals surface area contributed by atoms with E-state index < -0.39 is 23.7 Å². The second-order valence-corrected chi connectivity index (χ2v) is 14.6. The van der Waals surface area contributed by atoms with E-state index >= 15 is 0 Å². The predicted octanol–water partition coefficient (Wildman–Crippen LogP) is 3.81. The number of rotatable bonds is 2. The molecule has 0 radical (unpaired) electrons. The molecule has 0 bridgehead atoms. The van der Waals surface area contributed by atoms with Crippen LogP contribution in [0.3, 0.4) is 0 Å². The van der Waals surface area contributed by atoms with E-state index in [2.05, 4.69) is 33.8 Å². The summed E-state index contributed by atoms with van der Waals surface area (Å²) in [5.74, 6) is 0.480. The van der Waals surface area contributed by atoms with E-state index in [-0.39, 0.29) is 46.2 Å². The van der Waals surface area contributed by atoms with Crippen LogP contribution in [0.15, 0.2) is 11.6 Å². The standard InChI is InChI=1S/C29H48O5/c1-24(16-30)10-12-29(15-24)13-11-27(4)18(22(29)33)6-7-21-25(2)14-19(32)23(34)26(3,17-31)20(25)8-9-28(21,27)5/h6,19-23,30-34H,7-17H2,1-5H3/t19-,20-,21-,22-,23-,24+,25+,26+,27-,28-,29+/m1/s1. The summed E-state index contributed by atoms with van der Waals surface area (Å²) in [5, 5.41) is 54.1. The summed E-state index contributed by atoms with van der Waals surface area (Å²) < 4.78 is 0. The maximum absolute atomic E-state index is 11.9. The summed E-state index contributed by atoms with van der Waals surface area (Å²) in [6.45, 7) is 11.3. The number of aliphatic hydroxyl groups is 5. The van der Waals surface area contributed by atoms with Crippen molar-refractivity contribution in [2.24, 2.45) is 44.3 Å². The third-order valence-electron chi connectivity index (χ3n) is 13.0. The number of fused-ring (bicyclic) bond motifs is 5. The molecule has 4 fully saturated rings. The van der Waals surface area contributed by atoms with E-state index in [0.29, 0.717) is 12.3 Å². The van der Waals surface area contributed by atoms with Crippen molar-refractivity contribution in [3.8, 4) is 0 Å². The van der Waals surface area contributed by atoms with Gasteiger partial charge in [0.2, 0.25) is 0 Å². The van der Waals surface area contributed by atoms with Crippen molar-refractivity contribution in [2.75, 3.05) is 13.2 Å². The van der Waals surface area contributed by atoms with Crippen LogP contribution in [-0.4, -0.2) is 57.1 Å². The first-order valence-corrected chi connectivity index (χ1v) is 13.7. The zero-order chi connectivity index (χ0) is 24.9. The number of hydrogen-bond acceptors (Lipinski definition) is 5. The minimum absolute atomic E-state index is 0.0117. The molecule has 34 heavy (non-hydrogen) atoms. The summed E-state index contributed by atoms with van der Waals surface area (Å²) in [4.78, 5) is 0. The van der Waals surface area contributed by atoms with E-state index in [1.165, 1.54) is 5.57 Å². The number of aliphatic hydroxyl groups excluding tert-OH is 5. The maximum Gasteiger partial charge on any atom is 0.0877 e. The fourth-order valence-electron chi connectivity index (χ4n) is 10.7. The van der Waals surface area contributed by atoms with Crippen LogP contribution in [0.1, 0.15) is 92.4 Å². The van der Waals surface area contributed by atoms with Crippen LogP contribution in [-0.2, 0) is 0 Å². The van der Waals surface area contributed by atoms with Crippen LogP contribution in [0.2, 0.25) is 0 Å². The van der Waals surface area contributed by atoms with Gasteiger partial charge in [-0.3, -0.25) is 0 Å². The molecule has 0 aliphatic heterocycles. The molecule has 1 spiro atoms. The van der Waals surface area contributed by atoms with Crippen LogP contribution < -0.4 is 0 Å². The van der Waals surface area contributed by atoms with Crippen molar-refractivity contribution in [3.05, 3.63) is 11.6 Å². The zero-order valence-corrected chi connectivity index (χ0v) is 22.0. The maximum atomic E-state index is 11.9. The van der Waals surface area contributed by atoms with Crippen LogP contribution in [0, 0.1) is 44.3 Å². The van der Waals surface area contributed by atoms with Crippen LogP contribution in [0.25, 0.3) is 0 Å². The first-order valence-electron chi connectivity index (χ1n) is 13.7. The molecule has 0 heterocycles. The summed E-state index contributed by atoms with van der Waals surface area (Å²) in [5.41, 5.74) is 0.0162. The quantitative estimate of drug-likeness (QED) is 0.390. The van der Waals surface area contributed by atoms with Gasteiger partial charge in [0, 0.05) is 17.4 Å². The molecule has 0 saturated heterocycles. The van der Waals surface area contributed by atoms with Gasteiger partial charge in [-0.25, -0.2) is 0 Å². The number of hydrogen-bond donors (Lipinski definition) is 5. The average molecular weight is 477 g/mol. The van der Waals surface area contributed by atoms with E-state index in [1.54, 1.807) is 0 Å². The molecule has 0 unspecified atom stereocenters. The highest BCUT2D eigenvalue weighted by Crippen LogP contribution is 2.74. The van der Waals surface area contributed by atoms with Crippen molar-refractivity contribution in [1.29, 1.82) is 0 Å². The molecule has 5 aliphatic carbocycles. The minimum Gasteiger partial charge on any atom is -0.396 e. The first kappa shape index (κ1) is 25.2. The van der Waals surface area contributed by atoms with Gasteiger partial charge >= 0.3 is 0 Å². The van der Waals surface area contributed by atoms with E-state index in [4.69, 9.17) is 0 Å². The monoisotopic (exact) mass is 476 g/mol. The highest BCUT2D eigenvalue weighted by Gasteiger charge is 2.69. The van der Waals surface area contributed by atoms with Crippen molar-refractivity contribution < 1.29 is 25.5 Å². The fourth-order valence-corrected chi connectivity index (χ4v) is 10.7. The minimum atomic E-state index is -0.898. The molecule has 4 saturated carbocycles. The topological polar surface area (TPSA) is 101 Å². The van der Waals surface area contributed by atoms with E-state index in [1.807, 2.05) is 6.92 Å². The smallest absolute Gasteiger partial charge is 0.0877 e. The Morgan fingerprint density at radius 1 is 0.853 bits per heavy atom. The summed E-state index contributed by atoms with van der Waals surface area (Å²) in [6.07, 6.45) is 8.44. The van der Waals surface area contributed by atoms with Crippen LogP contribution in [0.4, 0.5) is 0 Å². The van der Waals surface area contributed by atoms with E-state index in [0.717, 1.165) is 51.4 Å². The Balaban J connectivity index is 1.54. The normalized spacial score (nSPS) is 59.2. The number of allylic oxidation sites excluding steroid dienone is 1. The summed E-state index contributed by atoms with van der Waals surface area (Å²) in [7, 11) is 0. The van der Waals surface area contributed by atoms with Gasteiger partial charge in [-0.05, 0) is 96.9 Å². The van der Waals surface area contributed by atoms with Gasteiger partial charge in [0.1, 0.15) is 0 Å². The van der Waals surface area contributed by atoms with Crippen LogP contribution >= 0.6 is 0 Å². The Labute approximate surface area is 205 Å². The van der Waals surface area contributed by atoms with Crippen molar-refractivity contribution in [2.45, 2.75) is 111 Å². The van der Waals surface area contributed by atoms with Gasteiger partial charge in [0.25, 0.3) is 0 Å². The first-order chi connectivity index (χ1) is 15.8. The zero-order valence-electron chi connectivity index (χ0n) is 22.0. The van der Waals surface area contributed by atoms with Gasteiger partial charge < -0.3 is 25.5 Å². The molecule has 5 nitrogen and oxygen atoms in total. The summed E-state index contributed by atoms with van der Waals surface area (Å²) in [6, 6.07) is 0. The molecule has 0 amide bonds. The van der Waals surface area contributed by atoms with Crippen molar-refractivity contribution in [3.63, 3.8) is 0 Å². The highest BCUT2D eigenvalue weighted by molar-refractivity contribution is 5.34. The molecule has 194 valence electrons. The molecule has 0 aromatic carbocycles. The molecule has 11 atom stereocenters. The highest BCUT2D eigenvalue weighted by atomic mass is 16.3. The Hall–Kier alpha value is -0.460. The van der Waals surface area contributed by atoms with Gasteiger partial charge in [-0.15, -0.1) is 0 Å². The third kappa shape index (κ3) is 2.91. The van der Waals surface area contributed by atoms with Crippen LogP contribution in [0.5, 0.6) is 0 Å².